The normalized spacial score (nSPS) is 17.2. The predicted molar refractivity (Wildman–Crippen MR) is 94.0 cm³/mol. The van der Waals surface area contributed by atoms with E-state index in [0.29, 0.717) is 13.1 Å². The van der Waals surface area contributed by atoms with Gasteiger partial charge in [-0.3, -0.25) is 4.90 Å². The summed E-state index contributed by atoms with van der Waals surface area (Å²) in [5, 5.41) is 0. The third kappa shape index (κ3) is 4.43. The Labute approximate surface area is 143 Å². The van der Waals surface area contributed by atoms with Gasteiger partial charge in [0.25, 0.3) is 0 Å². The highest BCUT2D eigenvalue weighted by molar-refractivity contribution is 7.88. The second-order valence-corrected chi connectivity index (χ2v) is 8.26. The van der Waals surface area contributed by atoms with Crippen LogP contribution in [0.15, 0.2) is 43.0 Å². The average molecular weight is 348 g/mol. The number of aromatic nitrogens is 2. The van der Waals surface area contributed by atoms with Gasteiger partial charge in [-0.15, -0.1) is 0 Å². The number of rotatable bonds is 6. The van der Waals surface area contributed by atoms with Crippen LogP contribution < -0.4 is 0 Å². The van der Waals surface area contributed by atoms with Crippen molar-refractivity contribution in [2.45, 2.75) is 19.2 Å². The molecule has 1 fully saturated rings. The van der Waals surface area contributed by atoms with Crippen LogP contribution in [0.2, 0.25) is 0 Å². The summed E-state index contributed by atoms with van der Waals surface area (Å²) >= 11 is 0. The third-order valence-electron chi connectivity index (χ3n) is 4.39. The Kier molecular flexibility index (Phi) is 5.33. The summed E-state index contributed by atoms with van der Waals surface area (Å²) in [7, 11) is -3.24. The van der Waals surface area contributed by atoms with Gasteiger partial charge in [0.05, 0.1) is 12.1 Å². The molecule has 1 saturated heterocycles. The van der Waals surface area contributed by atoms with E-state index in [-0.39, 0.29) is 5.75 Å². The van der Waals surface area contributed by atoms with Crippen molar-refractivity contribution in [3.8, 4) is 0 Å². The molecule has 1 aromatic carbocycles. The molecule has 0 aliphatic carbocycles. The van der Waals surface area contributed by atoms with Crippen molar-refractivity contribution >= 4 is 10.0 Å². The highest BCUT2D eigenvalue weighted by Crippen LogP contribution is 2.14. The van der Waals surface area contributed by atoms with E-state index in [1.165, 1.54) is 0 Å². The predicted octanol–water partition coefficient (Wildman–Crippen LogP) is 1.34. The fraction of sp³-hybridized carbons (Fsp3) is 0.471. The molecule has 0 spiro atoms. The Hall–Kier alpha value is -1.70. The van der Waals surface area contributed by atoms with E-state index in [0.717, 1.165) is 37.3 Å². The zero-order valence-corrected chi connectivity index (χ0v) is 14.8. The summed E-state index contributed by atoms with van der Waals surface area (Å²) in [6, 6.07) is 7.72. The van der Waals surface area contributed by atoms with Gasteiger partial charge in [-0.25, -0.2) is 13.4 Å². The summed E-state index contributed by atoms with van der Waals surface area (Å²) in [5.74, 6) is 0.0870. The van der Waals surface area contributed by atoms with Gasteiger partial charge >= 0.3 is 0 Å². The van der Waals surface area contributed by atoms with Gasteiger partial charge in [0, 0.05) is 51.7 Å². The van der Waals surface area contributed by atoms with E-state index in [1.807, 2.05) is 48.3 Å². The highest BCUT2D eigenvalue weighted by atomic mass is 32.2. The Morgan fingerprint density at radius 1 is 1.12 bits per heavy atom. The SMILES string of the molecule is Cc1cccc(CS(=O)(=O)N2CCN(CCn3ccnc3)CC2)c1. The lowest BCUT2D eigenvalue weighted by Gasteiger charge is -2.34. The van der Waals surface area contributed by atoms with Crippen molar-refractivity contribution in [1.29, 1.82) is 0 Å². The number of nitrogens with zero attached hydrogens (tertiary/aromatic N) is 4. The van der Waals surface area contributed by atoms with Crippen LogP contribution in [0.1, 0.15) is 11.1 Å². The minimum Gasteiger partial charge on any atom is -0.336 e. The van der Waals surface area contributed by atoms with Crippen molar-refractivity contribution in [3.05, 3.63) is 54.1 Å². The molecular formula is C17H24N4O2S. The maximum Gasteiger partial charge on any atom is 0.218 e. The molecule has 0 bridgehead atoms. The number of hydrogen-bond acceptors (Lipinski definition) is 4. The minimum atomic E-state index is -3.24. The van der Waals surface area contributed by atoms with E-state index in [2.05, 4.69) is 9.88 Å². The van der Waals surface area contributed by atoms with Crippen LogP contribution in [0.3, 0.4) is 0 Å². The largest absolute Gasteiger partial charge is 0.336 e. The molecule has 6 nitrogen and oxygen atoms in total. The molecule has 130 valence electrons. The molecule has 0 saturated carbocycles. The first-order valence-corrected chi connectivity index (χ1v) is 9.85. The molecule has 24 heavy (non-hydrogen) atoms. The Morgan fingerprint density at radius 2 is 1.92 bits per heavy atom. The topological polar surface area (TPSA) is 58.4 Å². The summed E-state index contributed by atoms with van der Waals surface area (Å²) in [5.41, 5.74) is 1.95. The number of sulfonamides is 1. The molecule has 1 aliphatic rings. The standard InChI is InChI=1S/C17H24N4O2S/c1-16-3-2-4-17(13-16)14-24(22,23)21-11-9-19(10-12-21)7-8-20-6-5-18-15-20/h2-6,13,15H,7-12,14H2,1H3. The number of piperazine rings is 1. The van der Waals surface area contributed by atoms with Gasteiger partial charge in [0.2, 0.25) is 10.0 Å². The number of benzene rings is 1. The minimum absolute atomic E-state index is 0.0870. The molecule has 2 aromatic rings. The fourth-order valence-electron chi connectivity index (χ4n) is 3.01. The van der Waals surface area contributed by atoms with Gasteiger partial charge in [-0.1, -0.05) is 29.8 Å². The number of hydrogen-bond donors (Lipinski definition) is 0. The Morgan fingerprint density at radius 3 is 2.58 bits per heavy atom. The quantitative estimate of drug-likeness (QED) is 0.790. The van der Waals surface area contributed by atoms with E-state index >= 15 is 0 Å². The Bertz CT molecular complexity index is 751. The summed E-state index contributed by atoms with van der Waals surface area (Å²) in [6.07, 6.45) is 5.53. The van der Waals surface area contributed by atoms with Crippen LogP contribution in [0.5, 0.6) is 0 Å². The van der Waals surface area contributed by atoms with Crippen LogP contribution in [0.25, 0.3) is 0 Å². The van der Waals surface area contributed by atoms with Crippen molar-refractivity contribution in [2.75, 3.05) is 32.7 Å². The first kappa shape index (κ1) is 17.1. The molecule has 1 aliphatic heterocycles. The maximum atomic E-state index is 12.6. The Balaban J connectivity index is 1.51. The van der Waals surface area contributed by atoms with E-state index in [9.17, 15) is 8.42 Å². The second kappa shape index (κ2) is 7.46. The maximum absolute atomic E-state index is 12.6. The van der Waals surface area contributed by atoms with E-state index in [4.69, 9.17) is 0 Å². The lowest BCUT2D eigenvalue weighted by Crippen LogP contribution is -2.49. The van der Waals surface area contributed by atoms with Crippen LogP contribution in [-0.4, -0.2) is 59.9 Å². The molecular weight excluding hydrogens is 324 g/mol. The monoisotopic (exact) mass is 348 g/mol. The van der Waals surface area contributed by atoms with Crippen LogP contribution in [0, 0.1) is 6.92 Å². The molecule has 0 radical (unpaired) electrons. The smallest absolute Gasteiger partial charge is 0.218 e. The molecule has 0 unspecified atom stereocenters. The third-order valence-corrected chi connectivity index (χ3v) is 6.24. The van der Waals surface area contributed by atoms with Gasteiger partial charge in [0.15, 0.2) is 0 Å². The molecule has 2 heterocycles. The lowest BCUT2D eigenvalue weighted by atomic mass is 10.2. The molecule has 3 rings (SSSR count). The van der Waals surface area contributed by atoms with Crippen molar-refractivity contribution in [1.82, 2.24) is 18.8 Å². The van der Waals surface area contributed by atoms with E-state index in [1.54, 1.807) is 10.5 Å². The first-order chi connectivity index (χ1) is 11.5. The summed E-state index contributed by atoms with van der Waals surface area (Å²) < 4.78 is 28.9. The molecule has 0 atom stereocenters. The van der Waals surface area contributed by atoms with Gasteiger partial charge in [0.1, 0.15) is 0 Å². The zero-order chi connectivity index (χ0) is 17.0. The van der Waals surface area contributed by atoms with Crippen LogP contribution in [-0.2, 0) is 22.3 Å². The number of aryl methyl sites for hydroxylation is 1. The van der Waals surface area contributed by atoms with Crippen LogP contribution in [0.4, 0.5) is 0 Å². The van der Waals surface area contributed by atoms with Gasteiger partial charge in [-0.2, -0.15) is 4.31 Å². The lowest BCUT2D eigenvalue weighted by molar-refractivity contribution is 0.183. The van der Waals surface area contributed by atoms with Crippen molar-refractivity contribution in [2.24, 2.45) is 0 Å². The second-order valence-electron chi connectivity index (χ2n) is 6.29. The zero-order valence-electron chi connectivity index (χ0n) is 14.0. The molecule has 0 N–H and O–H groups in total. The molecule has 0 amide bonds. The summed E-state index contributed by atoms with van der Waals surface area (Å²) in [6.45, 7) is 6.48. The van der Waals surface area contributed by atoms with Crippen molar-refractivity contribution < 1.29 is 8.42 Å². The van der Waals surface area contributed by atoms with E-state index < -0.39 is 10.0 Å². The van der Waals surface area contributed by atoms with Gasteiger partial charge in [-0.05, 0) is 12.5 Å². The highest BCUT2D eigenvalue weighted by Gasteiger charge is 2.26. The fourth-order valence-corrected chi connectivity index (χ4v) is 4.51. The summed E-state index contributed by atoms with van der Waals surface area (Å²) in [4.78, 5) is 6.34. The van der Waals surface area contributed by atoms with Gasteiger partial charge < -0.3 is 4.57 Å². The van der Waals surface area contributed by atoms with Crippen molar-refractivity contribution in [3.63, 3.8) is 0 Å². The average Bonchev–Trinajstić information content (AvgIpc) is 3.06. The number of imidazole rings is 1. The molecule has 1 aromatic heterocycles. The first-order valence-electron chi connectivity index (χ1n) is 8.24. The molecule has 7 heteroatoms. The van der Waals surface area contributed by atoms with Crippen LogP contribution >= 0.6 is 0 Å².